The maximum absolute atomic E-state index is 11.9. The molecule has 0 fully saturated rings. The van der Waals surface area contributed by atoms with Crippen molar-refractivity contribution in [2.24, 2.45) is 0 Å². The van der Waals surface area contributed by atoms with E-state index in [0.717, 1.165) is 11.1 Å². The van der Waals surface area contributed by atoms with E-state index in [0.29, 0.717) is 17.0 Å². The Morgan fingerprint density at radius 1 is 1.08 bits per heavy atom. The monoisotopic (exact) mass is 344 g/mol. The molecule has 2 aromatic carbocycles. The summed E-state index contributed by atoms with van der Waals surface area (Å²) in [7, 11) is 0. The molecular formula is C19H17ClO4. The van der Waals surface area contributed by atoms with Crippen molar-refractivity contribution in [3.05, 3.63) is 70.2 Å². The average Bonchev–Trinajstić information content (AvgIpc) is 2.81. The number of halogens is 1. The number of hydrogen-bond acceptors (Lipinski definition) is 4. The van der Waals surface area contributed by atoms with E-state index in [1.54, 1.807) is 18.2 Å². The lowest BCUT2D eigenvalue weighted by Crippen LogP contribution is -2.43. The number of benzene rings is 2. The first-order valence-corrected chi connectivity index (χ1v) is 8.02. The molecule has 1 aliphatic rings. The fraction of sp³-hybridized carbons (Fsp3) is 0.263. The fourth-order valence-electron chi connectivity index (χ4n) is 3.37. The molecular weight excluding hydrogens is 328 g/mol. The molecule has 0 N–H and O–H groups in total. The molecule has 1 aliphatic carbocycles. The predicted molar refractivity (Wildman–Crippen MR) is 89.7 cm³/mol. The Morgan fingerprint density at radius 2 is 1.83 bits per heavy atom. The number of carbonyl (C=O) groups is 2. The summed E-state index contributed by atoms with van der Waals surface area (Å²) in [5, 5.41) is 0.519. The van der Waals surface area contributed by atoms with Crippen LogP contribution in [-0.4, -0.2) is 18.0 Å². The normalized spacial score (nSPS) is 21.9. The van der Waals surface area contributed by atoms with Crippen LogP contribution in [0, 0.1) is 0 Å². The Balaban J connectivity index is 2.26. The van der Waals surface area contributed by atoms with Crippen LogP contribution in [0.4, 0.5) is 0 Å². The van der Waals surface area contributed by atoms with E-state index < -0.39 is 23.6 Å². The van der Waals surface area contributed by atoms with Gasteiger partial charge in [0.2, 0.25) is 0 Å². The largest absolute Gasteiger partial charge is 0.457 e. The lowest BCUT2D eigenvalue weighted by atomic mass is 9.85. The molecule has 24 heavy (non-hydrogen) atoms. The van der Waals surface area contributed by atoms with Crippen LogP contribution in [0.5, 0.6) is 0 Å². The molecule has 0 saturated carbocycles. The molecule has 0 saturated heterocycles. The number of fused-ring (bicyclic) bond motifs is 1. The molecule has 5 heteroatoms. The van der Waals surface area contributed by atoms with Gasteiger partial charge in [0.05, 0.1) is 0 Å². The van der Waals surface area contributed by atoms with E-state index in [1.807, 2.05) is 30.3 Å². The van der Waals surface area contributed by atoms with Gasteiger partial charge in [-0.2, -0.15) is 0 Å². The highest BCUT2D eigenvalue weighted by molar-refractivity contribution is 6.30. The third-order valence-corrected chi connectivity index (χ3v) is 4.38. The second-order valence-electron chi connectivity index (χ2n) is 5.80. The van der Waals surface area contributed by atoms with Crippen molar-refractivity contribution in [1.82, 2.24) is 0 Å². The zero-order chi connectivity index (χ0) is 17.3. The zero-order valence-corrected chi connectivity index (χ0v) is 14.2. The SMILES string of the molecule is CC(=O)O[C@@H]1Cc2ccccc2[C@@]1(OC(C)=O)c1cccc(Cl)c1. The molecule has 0 amide bonds. The molecule has 0 heterocycles. The van der Waals surface area contributed by atoms with Gasteiger partial charge in [0.25, 0.3) is 0 Å². The van der Waals surface area contributed by atoms with Crippen LogP contribution in [0.1, 0.15) is 30.5 Å². The standard InChI is InChI=1S/C19H17ClO4/c1-12(21)23-18-10-14-6-3-4-9-17(14)19(18,24-13(2)22)15-7-5-8-16(20)11-15/h3-9,11,18H,10H2,1-2H3/t18-,19+/m1/s1. The van der Waals surface area contributed by atoms with Gasteiger partial charge in [-0.3, -0.25) is 9.59 Å². The van der Waals surface area contributed by atoms with Crippen LogP contribution in [0.3, 0.4) is 0 Å². The van der Waals surface area contributed by atoms with Gasteiger partial charge in [-0.1, -0.05) is 48.0 Å². The van der Waals surface area contributed by atoms with E-state index in [9.17, 15) is 9.59 Å². The summed E-state index contributed by atoms with van der Waals surface area (Å²) < 4.78 is 11.4. The van der Waals surface area contributed by atoms with E-state index >= 15 is 0 Å². The molecule has 0 unspecified atom stereocenters. The van der Waals surface area contributed by atoms with Crippen molar-refractivity contribution < 1.29 is 19.1 Å². The first-order chi connectivity index (χ1) is 11.4. The molecule has 0 spiro atoms. The molecule has 2 aromatic rings. The van der Waals surface area contributed by atoms with E-state index in [-0.39, 0.29) is 0 Å². The van der Waals surface area contributed by atoms with Crippen molar-refractivity contribution in [3.8, 4) is 0 Å². The average molecular weight is 345 g/mol. The van der Waals surface area contributed by atoms with Crippen LogP contribution < -0.4 is 0 Å². The fourth-order valence-corrected chi connectivity index (χ4v) is 3.56. The minimum atomic E-state index is -1.20. The number of rotatable bonds is 3. The summed E-state index contributed by atoms with van der Waals surface area (Å²) in [5.41, 5.74) is 1.28. The van der Waals surface area contributed by atoms with Crippen LogP contribution in [0.15, 0.2) is 48.5 Å². The molecule has 0 bridgehead atoms. The zero-order valence-electron chi connectivity index (χ0n) is 13.4. The Morgan fingerprint density at radius 3 is 2.50 bits per heavy atom. The highest BCUT2D eigenvalue weighted by atomic mass is 35.5. The summed E-state index contributed by atoms with van der Waals surface area (Å²) in [4.78, 5) is 23.5. The van der Waals surface area contributed by atoms with Crippen LogP contribution in [-0.2, 0) is 31.1 Å². The third-order valence-electron chi connectivity index (χ3n) is 4.14. The topological polar surface area (TPSA) is 52.6 Å². The number of hydrogen-bond donors (Lipinski definition) is 0. The van der Waals surface area contributed by atoms with Crippen molar-refractivity contribution in [2.75, 3.05) is 0 Å². The summed E-state index contributed by atoms with van der Waals surface area (Å²) in [6, 6.07) is 14.7. The minimum absolute atomic E-state index is 0.425. The predicted octanol–water partition coefficient (Wildman–Crippen LogP) is 3.63. The molecule has 4 nitrogen and oxygen atoms in total. The van der Waals surface area contributed by atoms with Gasteiger partial charge in [-0.05, 0) is 17.7 Å². The van der Waals surface area contributed by atoms with Gasteiger partial charge < -0.3 is 9.47 Å². The van der Waals surface area contributed by atoms with Crippen molar-refractivity contribution >= 4 is 23.5 Å². The molecule has 0 aliphatic heterocycles. The Bertz CT molecular complexity index is 801. The van der Waals surface area contributed by atoms with Gasteiger partial charge in [0.15, 0.2) is 11.7 Å². The molecule has 0 radical (unpaired) electrons. The van der Waals surface area contributed by atoms with Crippen LogP contribution in [0.25, 0.3) is 0 Å². The summed E-state index contributed by atoms with van der Waals surface area (Å²) in [6.45, 7) is 2.69. The van der Waals surface area contributed by atoms with Gasteiger partial charge in [-0.15, -0.1) is 0 Å². The summed E-state index contributed by atoms with van der Waals surface area (Å²) >= 11 is 6.15. The number of carbonyl (C=O) groups excluding carboxylic acids is 2. The second kappa shape index (κ2) is 6.29. The second-order valence-corrected chi connectivity index (χ2v) is 6.24. The number of ether oxygens (including phenoxy) is 2. The van der Waals surface area contributed by atoms with E-state index in [2.05, 4.69) is 0 Å². The maximum atomic E-state index is 11.9. The van der Waals surface area contributed by atoms with E-state index in [1.165, 1.54) is 13.8 Å². The molecule has 124 valence electrons. The van der Waals surface area contributed by atoms with E-state index in [4.69, 9.17) is 21.1 Å². The van der Waals surface area contributed by atoms with Crippen LogP contribution >= 0.6 is 11.6 Å². The lowest BCUT2D eigenvalue weighted by molar-refractivity contribution is -0.176. The maximum Gasteiger partial charge on any atom is 0.304 e. The van der Waals surface area contributed by atoms with Gasteiger partial charge in [0.1, 0.15) is 0 Å². The van der Waals surface area contributed by atoms with Gasteiger partial charge in [-0.25, -0.2) is 0 Å². The van der Waals surface area contributed by atoms with Crippen molar-refractivity contribution in [1.29, 1.82) is 0 Å². The van der Waals surface area contributed by atoms with Gasteiger partial charge >= 0.3 is 11.9 Å². The smallest absolute Gasteiger partial charge is 0.304 e. The number of esters is 2. The summed E-state index contributed by atoms with van der Waals surface area (Å²) in [6.07, 6.45) is -0.176. The summed E-state index contributed by atoms with van der Waals surface area (Å²) in [5.74, 6) is -0.879. The molecule has 0 aromatic heterocycles. The minimum Gasteiger partial charge on any atom is -0.457 e. The molecule has 3 rings (SSSR count). The highest BCUT2D eigenvalue weighted by Crippen LogP contribution is 2.47. The molecule has 2 atom stereocenters. The van der Waals surface area contributed by atoms with Gasteiger partial charge in [0, 0.05) is 36.4 Å². The Kier molecular flexibility index (Phi) is 4.33. The van der Waals surface area contributed by atoms with Crippen molar-refractivity contribution in [2.45, 2.75) is 32.0 Å². The Hall–Kier alpha value is -2.33. The lowest BCUT2D eigenvalue weighted by Gasteiger charge is -2.35. The first-order valence-electron chi connectivity index (χ1n) is 7.64. The first kappa shape index (κ1) is 16.5. The quantitative estimate of drug-likeness (QED) is 0.798. The Labute approximate surface area is 145 Å². The third kappa shape index (κ3) is 2.78. The van der Waals surface area contributed by atoms with Crippen molar-refractivity contribution in [3.63, 3.8) is 0 Å². The highest BCUT2D eigenvalue weighted by Gasteiger charge is 2.53. The van der Waals surface area contributed by atoms with Crippen LogP contribution in [0.2, 0.25) is 5.02 Å².